The van der Waals surface area contributed by atoms with Gasteiger partial charge in [-0.1, -0.05) is 6.07 Å². The van der Waals surface area contributed by atoms with E-state index in [0.29, 0.717) is 12.1 Å². The maximum atomic E-state index is 9.77. The molecule has 11 heteroatoms. The molecule has 0 heterocycles. The second kappa shape index (κ2) is 11.4. The Balaban J connectivity index is 0. The number of benzene rings is 1. The number of carboxylic acid groups (broad SMARTS) is 2. The van der Waals surface area contributed by atoms with Crippen LogP contribution in [0.2, 0.25) is 0 Å². The Labute approximate surface area is 143 Å². The Morgan fingerprint density at radius 1 is 1.00 bits per heavy atom. The summed E-state index contributed by atoms with van der Waals surface area (Å²) >= 11 is 0. The van der Waals surface area contributed by atoms with Crippen molar-refractivity contribution in [3.63, 3.8) is 0 Å². The van der Waals surface area contributed by atoms with Gasteiger partial charge in [-0.05, 0) is 24.7 Å². The highest BCUT2D eigenvalue weighted by Crippen LogP contribution is 2.27. The van der Waals surface area contributed by atoms with Crippen LogP contribution in [0.3, 0.4) is 0 Å². The lowest BCUT2D eigenvalue weighted by Gasteiger charge is -2.10. The molecule has 138 valence electrons. The zero-order chi connectivity index (χ0) is 18.2. The summed E-state index contributed by atoms with van der Waals surface area (Å²) in [6, 6.07) is 4.26. The van der Waals surface area contributed by atoms with E-state index in [-0.39, 0.29) is 23.9 Å². The Morgan fingerprint density at radius 3 is 1.79 bits per heavy atom. The van der Waals surface area contributed by atoms with Gasteiger partial charge in [-0.15, -0.1) is 12.4 Å². The fourth-order valence-electron chi connectivity index (χ4n) is 1.33. The van der Waals surface area contributed by atoms with Crippen molar-refractivity contribution < 1.29 is 45.3 Å². The van der Waals surface area contributed by atoms with Gasteiger partial charge < -0.3 is 41.1 Å². The van der Waals surface area contributed by atoms with Crippen LogP contribution in [0.25, 0.3) is 0 Å². The summed E-state index contributed by atoms with van der Waals surface area (Å²) < 4.78 is 0. The first-order chi connectivity index (χ1) is 10.6. The van der Waals surface area contributed by atoms with Crippen LogP contribution in [-0.2, 0) is 9.59 Å². The molecular formula is C13H20ClNO9. The zero-order valence-electron chi connectivity index (χ0n) is 12.5. The lowest BCUT2D eigenvalue weighted by molar-refractivity contribution is -0.165. The van der Waals surface area contributed by atoms with Crippen LogP contribution in [0, 0.1) is 0 Å². The first kappa shape index (κ1) is 24.1. The summed E-state index contributed by atoms with van der Waals surface area (Å²) in [5.74, 6) is -3.93. The van der Waals surface area contributed by atoms with Gasteiger partial charge in [0.25, 0.3) is 0 Å². The summed E-state index contributed by atoms with van der Waals surface area (Å²) in [6.07, 6.45) is -5.20. The monoisotopic (exact) mass is 369 g/mol. The molecule has 8 N–H and O–H groups in total. The number of aliphatic carboxylic acids is 2. The molecule has 0 saturated heterocycles. The molecule has 3 atom stereocenters. The molecule has 0 saturated carbocycles. The molecular weight excluding hydrogens is 350 g/mol. The Morgan fingerprint density at radius 2 is 1.46 bits per heavy atom. The molecule has 0 aliphatic heterocycles. The van der Waals surface area contributed by atoms with Gasteiger partial charge in [0.15, 0.2) is 23.7 Å². The zero-order valence-corrected chi connectivity index (χ0v) is 13.3. The largest absolute Gasteiger partial charge is 0.504 e. The van der Waals surface area contributed by atoms with Gasteiger partial charge >= 0.3 is 11.9 Å². The van der Waals surface area contributed by atoms with E-state index in [1.165, 1.54) is 12.1 Å². The number of carboxylic acids is 2. The SMILES string of the molecule is CNCC(O)c1ccc(O)c(O)c1.Cl.O=C(O)C(O)C(O)C(=O)O. The van der Waals surface area contributed by atoms with E-state index in [4.69, 9.17) is 30.6 Å². The molecule has 0 spiro atoms. The van der Waals surface area contributed by atoms with E-state index < -0.39 is 30.3 Å². The van der Waals surface area contributed by atoms with Gasteiger partial charge in [-0.3, -0.25) is 0 Å². The molecule has 0 aliphatic carbocycles. The summed E-state index contributed by atoms with van der Waals surface area (Å²) in [5.41, 5.74) is 0.574. The molecule has 24 heavy (non-hydrogen) atoms. The number of aromatic hydroxyl groups is 2. The fraction of sp³-hybridized carbons (Fsp3) is 0.385. The van der Waals surface area contributed by atoms with Gasteiger partial charge in [0.1, 0.15) is 0 Å². The molecule has 3 unspecified atom stereocenters. The average molecular weight is 370 g/mol. The molecule has 1 aromatic carbocycles. The normalized spacial score (nSPS) is 13.5. The first-order valence-electron chi connectivity index (χ1n) is 6.28. The lowest BCUT2D eigenvalue weighted by atomic mass is 10.1. The number of carbonyl (C=O) groups is 2. The van der Waals surface area contributed by atoms with Crippen molar-refractivity contribution in [1.29, 1.82) is 0 Å². The van der Waals surface area contributed by atoms with Gasteiger partial charge in [0, 0.05) is 6.54 Å². The summed E-state index contributed by atoms with van der Waals surface area (Å²) in [6.45, 7) is 0.407. The molecule has 1 rings (SSSR count). The van der Waals surface area contributed by atoms with E-state index in [0.717, 1.165) is 0 Å². The highest BCUT2D eigenvalue weighted by atomic mass is 35.5. The molecule has 0 radical (unpaired) electrons. The van der Waals surface area contributed by atoms with Crippen molar-refractivity contribution in [3.8, 4) is 11.5 Å². The lowest BCUT2D eigenvalue weighted by Crippen LogP contribution is -2.39. The number of aliphatic hydroxyl groups excluding tert-OH is 3. The van der Waals surface area contributed by atoms with E-state index in [1.807, 2.05) is 0 Å². The van der Waals surface area contributed by atoms with Crippen LogP contribution in [0.4, 0.5) is 0 Å². The van der Waals surface area contributed by atoms with Crippen LogP contribution in [0.5, 0.6) is 11.5 Å². The van der Waals surface area contributed by atoms with Crippen molar-refractivity contribution in [2.45, 2.75) is 18.3 Å². The highest BCUT2D eigenvalue weighted by Gasteiger charge is 2.29. The van der Waals surface area contributed by atoms with E-state index >= 15 is 0 Å². The molecule has 0 amide bonds. The van der Waals surface area contributed by atoms with Crippen molar-refractivity contribution in [2.75, 3.05) is 13.6 Å². The average Bonchev–Trinajstić information content (AvgIpc) is 2.49. The Hall–Kier alpha value is -2.11. The van der Waals surface area contributed by atoms with Crippen LogP contribution in [0.1, 0.15) is 11.7 Å². The van der Waals surface area contributed by atoms with Crippen molar-refractivity contribution >= 4 is 24.3 Å². The number of likely N-dealkylation sites (N-methyl/N-ethyl adjacent to an activating group) is 1. The van der Waals surface area contributed by atoms with Gasteiger partial charge in [-0.2, -0.15) is 0 Å². The van der Waals surface area contributed by atoms with Crippen molar-refractivity contribution in [3.05, 3.63) is 23.8 Å². The number of phenolic OH excluding ortho intramolecular Hbond substituents is 2. The third-order valence-corrected chi connectivity index (χ3v) is 2.59. The predicted octanol–water partition coefficient (Wildman–Crippen LogP) is -1.35. The minimum Gasteiger partial charge on any atom is -0.504 e. The minimum atomic E-state index is -2.27. The first-order valence-corrected chi connectivity index (χ1v) is 6.28. The third kappa shape index (κ3) is 7.94. The Kier molecular flexibility index (Phi) is 11.5. The fourth-order valence-corrected chi connectivity index (χ4v) is 1.33. The molecule has 0 fully saturated rings. The molecule has 1 aromatic rings. The van der Waals surface area contributed by atoms with Crippen LogP contribution >= 0.6 is 12.4 Å². The summed E-state index contributed by atoms with van der Waals surface area (Å²) in [5, 5.41) is 63.0. The summed E-state index contributed by atoms with van der Waals surface area (Å²) in [4.78, 5) is 19.5. The number of rotatable bonds is 6. The van der Waals surface area contributed by atoms with Gasteiger partial charge in [0.05, 0.1) is 6.10 Å². The number of hydrogen-bond acceptors (Lipinski definition) is 8. The van der Waals surface area contributed by atoms with E-state index in [2.05, 4.69) is 5.32 Å². The number of aliphatic hydroxyl groups is 3. The number of hydrogen-bond donors (Lipinski definition) is 8. The summed E-state index contributed by atoms with van der Waals surface area (Å²) in [7, 11) is 1.73. The van der Waals surface area contributed by atoms with Gasteiger partial charge in [-0.25, -0.2) is 9.59 Å². The maximum absolute atomic E-state index is 9.77. The molecule has 0 aliphatic rings. The third-order valence-electron chi connectivity index (χ3n) is 2.59. The number of halogens is 1. The van der Waals surface area contributed by atoms with Crippen molar-refractivity contribution in [1.82, 2.24) is 5.32 Å². The van der Waals surface area contributed by atoms with Crippen LogP contribution in [-0.4, -0.2) is 73.5 Å². The highest BCUT2D eigenvalue weighted by molar-refractivity contribution is 5.85. The second-order valence-electron chi connectivity index (χ2n) is 4.39. The standard InChI is InChI=1S/C9H13NO3.C4H6O6.ClH/c1-10-5-9(13)6-2-3-7(11)8(12)4-6;5-1(3(7)8)2(6)4(9)10;/h2-4,9-13H,5H2,1H3;1-2,5-6H,(H,7,8)(H,9,10);1H. The number of phenols is 2. The second-order valence-corrected chi connectivity index (χ2v) is 4.39. The Bertz CT molecular complexity index is 522. The maximum Gasteiger partial charge on any atom is 0.335 e. The minimum absolute atomic E-state index is 0. The van der Waals surface area contributed by atoms with E-state index in [9.17, 15) is 14.7 Å². The smallest absolute Gasteiger partial charge is 0.335 e. The van der Waals surface area contributed by atoms with Crippen LogP contribution < -0.4 is 5.32 Å². The van der Waals surface area contributed by atoms with E-state index in [1.54, 1.807) is 13.1 Å². The van der Waals surface area contributed by atoms with Gasteiger partial charge in [0.2, 0.25) is 0 Å². The quantitative estimate of drug-likeness (QED) is 0.278. The van der Waals surface area contributed by atoms with Crippen molar-refractivity contribution in [2.24, 2.45) is 0 Å². The molecule has 0 bridgehead atoms. The molecule has 0 aromatic heterocycles. The van der Waals surface area contributed by atoms with Crippen LogP contribution in [0.15, 0.2) is 18.2 Å². The topological polar surface area (TPSA) is 188 Å². The number of nitrogens with one attached hydrogen (secondary N) is 1. The molecule has 10 nitrogen and oxygen atoms in total. The predicted molar refractivity (Wildman–Crippen MR) is 83.2 cm³/mol.